The molecule has 1 heterocycles. The van der Waals surface area contributed by atoms with Gasteiger partial charge in [-0.2, -0.15) is 0 Å². The van der Waals surface area contributed by atoms with Gasteiger partial charge in [0.2, 0.25) is 0 Å². The number of halogens is 3. The van der Waals surface area contributed by atoms with Crippen LogP contribution in [-0.4, -0.2) is 17.9 Å². The first-order valence-corrected chi connectivity index (χ1v) is 8.20. The molecule has 2 rings (SSSR count). The number of carbonyl (C=O) groups is 1. The van der Waals surface area contributed by atoms with E-state index < -0.39 is 0 Å². The van der Waals surface area contributed by atoms with E-state index in [-0.39, 0.29) is 5.91 Å². The van der Waals surface area contributed by atoms with Crippen LogP contribution in [0.3, 0.4) is 0 Å². The van der Waals surface area contributed by atoms with E-state index in [0.717, 1.165) is 18.2 Å². The number of hydrogen-bond acceptors (Lipinski definition) is 2. The van der Waals surface area contributed by atoms with Crippen molar-refractivity contribution in [2.24, 2.45) is 0 Å². The van der Waals surface area contributed by atoms with E-state index >= 15 is 0 Å². The first kappa shape index (κ1) is 15.0. The monoisotopic (exact) mass is 421 g/mol. The van der Waals surface area contributed by atoms with Crippen LogP contribution in [0.2, 0.25) is 4.34 Å². The molecule has 1 aromatic heterocycles. The molecule has 19 heavy (non-hydrogen) atoms. The zero-order valence-corrected chi connectivity index (χ0v) is 14.7. The number of hydrogen-bond donors (Lipinski definition) is 0. The van der Waals surface area contributed by atoms with Crippen molar-refractivity contribution >= 4 is 60.7 Å². The van der Waals surface area contributed by atoms with Crippen LogP contribution in [0.5, 0.6) is 0 Å². The standard InChI is InChI=1S/C13H10Br2ClNOS/c1-17(7-9-3-5-12(16)19-9)13(18)10-4-2-8(14)6-11(10)15/h2-6H,7H2,1H3. The van der Waals surface area contributed by atoms with Crippen LogP contribution in [0.15, 0.2) is 39.3 Å². The Morgan fingerprint density at radius 2 is 2.05 bits per heavy atom. The van der Waals surface area contributed by atoms with Crippen molar-refractivity contribution in [2.75, 3.05) is 7.05 Å². The molecular weight excluding hydrogens is 413 g/mol. The maximum absolute atomic E-state index is 12.3. The summed E-state index contributed by atoms with van der Waals surface area (Å²) in [5, 5.41) is 0. The molecular formula is C13H10Br2ClNOS. The highest BCUT2D eigenvalue weighted by molar-refractivity contribution is 9.11. The lowest BCUT2D eigenvalue weighted by Gasteiger charge is -2.17. The van der Waals surface area contributed by atoms with Gasteiger partial charge in [-0.3, -0.25) is 4.79 Å². The van der Waals surface area contributed by atoms with Gasteiger partial charge in [0.1, 0.15) is 0 Å². The van der Waals surface area contributed by atoms with Gasteiger partial charge in [0.05, 0.1) is 16.4 Å². The SMILES string of the molecule is CN(Cc1ccc(Cl)s1)C(=O)c1ccc(Br)cc1Br. The zero-order chi connectivity index (χ0) is 14.0. The average Bonchev–Trinajstić information content (AvgIpc) is 2.74. The summed E-state index contributed by atoms with van der Waals surface area (Å²) in [6.45, 7) is 0.554. The molecule has 0 N–H and O–H groups in total. The lowest BCUT2D eigenvalue weighted by molar-refractivity contribution is 0.0785. The summed E-state index contributed by atoms with van der Waals surface area (Å²) in [5.74, 6) is -0.0242. The van der Waals surface area contributed by atoms with E-state index in [1.54, 1.807) is 18.0 Å². The maximum atomic E-state index is 12.3. The third kappa shape index (κ3) is 3.81. The fraction of sp³-hybridized carbons (Fsp3) is 0.154. The summed E-state index contributed by atoms with van der Waals surface area (Å²) in [5.41, 5.74) is 0.647. The lowest BCUT2D eigenvalue weighted by Crippen LogP contribution is -2.26. The fourth-order valence-corrected chi connectivity index (χ4v) is 3.97. The first-order valence-electron chi connectivity index (χ1n) is 5.42. The second-order valence-electron chi connectivity index (χ2n) is 3.99. The highest BCUT2D eigenvalue weighted by Crippen LogP contribution is 2.25. The molecule has 0 aliphatic carbocycles. The van der Waals surface area contributed by atoms with Gasteiger partial charge in [0.15, 0.2) is 0 Å². The van der Waals surface area contributed by atoms with Crippen LogP contribution in [0, 0.1) is 0 Å². The number of rotatable bonds is 3. The zero-order valence-electron chi connectivity index (χ0n) is 9.99. The van der Waals surface area contributed by atoms with Crippen LogP contribution in [-0.2, 0) is 6.54 Å². The Bertz CT molecular complexity index is 614. The second kappa shape index (κ2) is 6.39. The Balaban J connectivity index is 2.14. The number of carbonyl (C=O) groups excluding carboxylic acids is 1. The maximum Gasteiger partial charge on any atom is 0.255 e. The normalized spacial score (nSPS) is 10.5. The van der Waals surface area contributed by atoms with Crippen molar-refractivity contribution < 1.29 is 4.79 Å². The quantitative estimate of drug-likeness (QED) is 0.665. The summed E-state index contributed by atoms with van der Waals surface area (Å²) in [4.78, 5) is 15.1. The van der Waals surface area contributed by atoms with Gasteiger partial charge in [-0.15, -0.1) is 11.3 Å². The van der Waals surface area contributed by atoms with Crippen molar-refractivity contribution in [3.05, 3.63) is 54.1 Å². The molecule has 0 unspecified atom stereocenters. The molecule has 0 bridgehead atoms. The molecule has 0 atom stereocenters. The van der Waals surface area contributed by atoms with Gasteiger partial charge in [-0.05, 0) is 46.3 Å². The predicted molar refractivity (Wildman–Crippen MR) is 87.0 cm³/mol. The van der Waals surface area contributed by atoms with Gasteiger partial charge in [0, 0.05) is 20.9 Å². The molecule has 0 saturated heterocycles. The summed E-state index contributed by atoms with van der Waals surface area (Å²) in [6, 6.07) is 9.30. The third-order valence-corrected chi connectivity index (χ3v) is 4.90. The Kier molecular flexibility index (Phi) is 5.06. The minimum atomic E-state index is -0.0242. The molecule has 0 aliphatic rings. The number of nitrogens with zero attached hydrogens (tertiary/aromatic N) is 1. The third-order valence-electron chi connectivity index (χ3n) is 2.53. The fourth-order valence-electron chi connectivity index (χ4n) is 1.61. The first-order chi connectivity index (χ1) is 8.97. The van der Waals surface area contributed by atoms with E-state index in [4.69, 9.17) is 11.6 Å². The van der Waals surface area contributed by atoms with E-state index in [2.05, 4.69) is 31.9 Å². The Morgan fingerprint density at radius 1 is 1.32 bits per heavy atom. The van der Waals surface area contributed by atoms with E-state index in [1.807, 2.05) is 24.3 Å². The molecule has 0 fully saturated rings. The van der Waals surface area contributed by atoms with Crippen molar-refractivity contribution in [1.29, 1.82) is 0 Å². The van der Waals surface area contributed by atoms with Crippen molar-refractivity contribution in [1.82, 2.24) is 4.90 Å². The van der Waals surface area contributed by atoms with E-state index in [0.29, 0.717) is 12.1 Å². The number of amides is 1. The van der Waals surface area contributed by atoms with Crippen LogP contribution < -0.4 is 0 Å². The van der Waals surface area contributed by atoms with Crippen LogP contribution in [0.1, 0.15) is 15.2 Å². The minimum absolute atomic E-state index is 0.0242. The summed E-state index contributed by atoms with van der Waals surface area (Å²) >= 11 is 14.2. The van der Waals surface area contributed by atoms with Crippen molar-refractivity contribution in [3.8, 4) is 0 Å². The Labute approximate surface area is 137 Å². The molecule has 2 aromatic rings. The summed E-state index contributed by atoms with van der Waals surface area (Å²) in [7, 11) is 1.78. The molecule has 0 aliphatic heterocycles. The topological polar surface area (TPSA) is 20.3 Å². The second-order valence-corrected chi connectivity index (χ2v) is 7.56. The molecule has 1 aromatic carbocycles. The summed E-state index contributed by atoms with van der Waals surface area (Å²) in [6.07, 6.45) is 0. The largest absolute Gasteiger partial charge is 0.337 e. The molecule has 0 spiro atoms. The Hall–Kier alpha value is -0.360. The molecule has 0 radical (unpaired) electrons. The Morgan fingerprint density at radius 3 is 2.63 bits per heavy atom. The molecule has 2 nitrogen and oxygen atoms in total. The van der Waals surface area contributed by atoms with Gasteiger partial charge in [0.25, 0.3) is 5.91 Å². The van der Waals surface area contributed by atoms with Gasteiger partial charge >= 0.3 is 0 Å². The summed E-state index contributed by atoms with van der Waals surface area (Å²) < 4.78 is 2.45. The molecule has 100 valence electrons. The highest BCUT2D eigenvalue weighted by Gasteiger charge is 2.15. The molecule has 0 saturated carbocycles. The van der Waals surface area contributed by atoms with Crippen LogP contribution in [0.4, 0.5) is 0 Å². The highest BCUT2D eigenvalue weighted by atomic mass is 79.9. The minimum Gasteiger partial charge on any atom is -0.337 e. The lowest BCUT2D eigenvalue weighted by atomic mass is 10.2. The number of thiophene rings is 1. The molecule has 6 heteroatoms. The number of benzene rings is 1. The van der Waals surface area contributed by atoms with Gasteiger partial charge in [-0.1, -0.05) is 27.5 Å². The van der Waals surface area contributed by atoms with E-state index in [9.17, 15) is 4.79 Å². The van der Waals surface area contributed by atoms with Crippen LogP contribution >= 0.6 is 54.8 Å². The van der Waals surface area contributed by atoms with Gasteiger partial charge in [-0.25, -0.2) is 0 Å². The smallest absolute Gasteiger partial charge is 0.255 e. The van der Waals surface area contributed by atoms with Crippen molar-refractivity contribution in [2.45, 2.75) is 6.54 Å². The predicted octanol–water partition coefficient (Wildman–Crippen LogP) is 5.20. The molecule has 1 amide bonds. The van der Waals surface area contributed by atoms with Crippen molar-refractivity contribution in [3.63, 3.8) is 0 Å². The van der Waals surface area contributed by atoms with Crippen LogP contribution in [0.25, 0.3) is 0 Å². The average molecular weight is 424 g/mol. The van der Waals surface area contributed by atoms with E-state index in [1.165, 1.54) is 11.3 Å². The van der Waals surface area contributed by atoms with Gasteiger partial charge < -0.3 is 4.90 Å².